The van der Waals surface area contributed by atoms with Gasteiger partial charge in [0.05, 0.1) is 6.54 Å². The summed E-state index contributed by atoms with van der Waals surface area (Å²) in [6, 6.07) is 3.94. The van der Waals surface area contributed by atoms with Gasteiger partial charge >= 0.3 is 6.09 Å². The second-order valence-electron chi connectivity index (χ2n) is 8.04. The molecule has 0 N–H and O–H groups in total. The number of rotatable bonds is 2. The topological polar surface area (TPSA) is 66.0 Å². The minimum atomic E-state index is -0.500. The van der Waals surface area contributed by atoms with Gasteiger partial charge in [0.25, 0.3) is 0 Å². The Hall–Kier alpha value is -2.15. The molecule has 7 heteroatoms. The van der Waals surface area contributed by atoms with Crippen molar-refractivity contribution >= 4 is 17.8 Å². The molecule has 0 radical (unpaired) electrons. The highest BCUT2D eigenvalue weighted by molar-refractivity contribution is 5.95. The van der Waals surface area contributed by atoms with Crippen molar-refractivity contribution in [1.82, 2.24) is 14.8 Å². The van der Waals surface area contributed by atoms with Crippen molar-refractivity contribution in [2.45, 2.75) is 45.8 Å². The molecule has 1 atom stereocenters. The number of aromatic nitrogens is 1. The Kier molecular flexibility index (Phi) is 5.18. The van der Waals surface area contributed by atoms with Crippen LogP contribution < -0.4 is 4.90 Å². The summed E-state index contributed by atoms with van der Waals surface area (Å²) in [6.45, 7) is 10.5. The molecule has 2 amide bonds. The third-order valence-corrected chi connectivity index (χ3v) is 4.73. The van der Waals surface area contributed by atoms with E-state index in [2.05, 4.69) is 9.88 Å². The third-order valence-electron chi connectivity index (χ3n) is 4.73. The number of carbonyl (C=O) groups excluding carboxylic acids is 2. The number of pyridine rings is 1. The smallest absolute Gasteiger partial charge is 0.410 e. The summed E-state index contributed by atoms with van der Waals surface area (Å²) in [7, 11) is 0. The highest BCUT2D eigenvalue weighted by atomic mass is 16.6. The zero-order valence-corrected chi connectivity index (χ0v) is 16.1. The van der Waals surface area contributed by atoms with Crippen LogP contribution in [0.2, 0.25) is 0 Å². The van der Waals surface area contributed by atoms with E-state index >= 15 is 0 Å². The van der Waals surface area contributed by atoms with E-state index in [1.165, 1.54) is 0 Å². The van der Waals surface area contributed by atoms with Crippen molar-refractivity contribution in [3.05, 3.63) is 23.9 Å². The molecule has 3 rings (SSSR count). The molecule has 0 bridgehead atoms. The first-order chi connectivity index (χ1) is 12.2. The van der Waals surface area contributed by atoms with Crippen molar-refractivity contribution in [3.8, 4) is 0 Å². The monoisotopic (exact) mass is 360 g/mol. The second kappa shape index (κ2) is 7.23. The number of ether oxygens (including phenoxy) is 1. The third kappa shape index (κ3) is 4.15. The zero-order valence-electron chi connectivity index (χ0n) is 16.1. The van der Waals surface area contributed by atoms with E-state index in [0.29, 0.717) is 32.7 Å². The lowest BCUT2D eigenvalue weighted by Gasteiger charge is -2.40. The van der Waals surface area contributed by atoms with Crippen LogP contribution in [0.25, 0.3) is 0 Å². The molecule has 1 fully saturated rings. The number of fused-ring (bicyclic) bond motifs is 1. The molecule has 1 aromatic heterocycles. The van der Waals surface area contributed by atoms with E-state index < -0.39 is 5.60 Å². The first-order valence-corrected chi connectivity index (χ1v) is 9.21. The Morgan fingerprint density at radius 1 is 1.27 bits per heavy atom. The van der Waals surface area contributed by atoms with Gasteiger partial charge in [-0.15, -0.1) is 0 Å². The van der Waals surface area contributed by atoms with Crippen molar-refractivity contribution in [3.63, 3.8) is 0 Å². The van der Waals surface area contributed by atoms with Gasteiger partial charge < -0.3 is 9.64 Å². The first-order valence-electron chi connectivity index (χ1n) is 9.21. The number of anilines is 1. The van der Waals surface area contributed by atoms with Crippen LogP contribution in [0.15, 0.2) is 18.3 Å². The van der Waals surface area contributed by atoms with Gasteiger partial charge in [-0.2, -0.15) is 0 Å². The highest BCUT2D eigenvalue weighted by Gasteiger charge is 2.33. The van der Waals surface area contributed by atoms with Gasteiger partial charge in [0.2, 0.25) is 5.91 Å². The molecule has 2 aliphatic heterocycles. The van der Waals surface area contributed by atoms with Gasteiger partial charge in [0, 0.05) is 38.4 Å². The molecule has 0 unspecified atom stereocenters. The zero-order chi connectivity index (χ0) is 18.9. The van der Waals surface area contributed by atoms with Crippen LogP contribution in [0, 0.1) is 0 Å². The molecule has 0 aromatic carbocycles. The number of piperazine rings is 1. The molecule has 0 spiro atoms. The van der Waals surface area contributed by atoms with Crippen molar-refractivity contribution < 1.29 is 14.3 Å². The summed E-state index contributed by atoms with van der Waals surface area (Å²) in [6.07, 6.45) is 2.30. The Bertz CT molecular complexity index is 686. The van der Waals surface area contributed by atoms with Crippen molar-refractivity contribution in [1.29, 1.82) is 0 Å². The number of hydrogen-bond donors (Lipinski definition) is 0. The average Bonchev–Trinajstić information content (AvgIpc) is 2.97. The maximum atomic E-state index is 12.7. The maximum Gasteiger partial charge on any atom is 0.410 e. The Balaban J connectivity index is 1.55. The van der Waals surface area contributed by atoms with E-state index in [1.807, 2.05) is 39.8 Å². The molecule has 0 aliphatic carbocycles. The molecule has 0 saturated carbocycles. The Morgan fingerprint density at radius 3 is 2.73 bits per heavy atom. The minimum absolute atomic E-state index is 0.00962. The van der Waals surface area contributed by atoms with Crippen LogP contribution in [0.4, 0.5) is 10.6 Å². The molecule has 1 aromatic rings. The van der Waals surface area contributed by atoms with Crippen LogP contribution in [0.5, 0.6) is 0 Å². The quantitative estimate of drug-likeness (QED) is 0.806. The van der Waals surface area contributed by atoms with E-state index in [1.54, 1.807) is 16.0 Å². The predicted molar refractivity (Wildman–Crippen MR) is 99.1 cm³/mol. The fraction of sp³-hybridized carbons (Fsp3) is 0.632. The molecule has 26 heavy (non-hydrogen) atoms. The molecule has 1 saturated heterocycles. The molecule has 7 nitrogen and oxygen atoms in total. The fourth-order valence-electron chi connectivity index (χ4n) is 3.49. The number of nitrogens with zero attached hydrogens (tertiary/aromatic N) is 4. The van der Waals surface area contributed by atoms with Crippen molar-refractivity contribution in [2.75, 3.05) is 37.6 Å². The SMILES string of the molecule is C[C@@H]1CN(CC(=O)N2CCc3cccnc32)CCN1C(=O)OC(C)(C)C. The summed E-state index contributed by atoms with van der Waals surface area (Å²) >= 11 is 0. The van der Waals surface area contributed by atoms with Gasteiger partial charge in [-0.3, -0.25) is 14.6 Å². The summed E-state index contributed by atoms with van der Waals surface area (Å²) < 4.78 is 5.47. The normalized spacial score (nSPS) is 20.8. The van der Waals surface area contributed by atoms with Crippen LogP contribution in [0.3, 0.4) is 0 Å². The second-order valence-corrected chi connectivity index (χ2v) is 8.04. The number of amides is 2. The maximum absolute atomic E-state index is 12.7. The van der Waals surface area contributed by atoms with Gasteiger partial charge in [-0.05, 0) is 45.7 Å². The molecular weight excluding hydrogens is 332 g/mol. The van der Waals surface area contributed by atoms with Crippen molar-refractivity contribution in [2.24, 2.45) is 0 Å². The van der Waals surface area contributed by atoms with E-state index in [9.17, 15) is 9.59 Å². The summed E-state index contributed by atoms with van der Waals surface area (Å²) in [5.74, 6) is 0.860. The molecule has 142 valence electrons. The molecule has 3 heterocycles. The van der Waals surface area contributed by atoms with Crippen LogP contribution in [-0.4, -0.2) is 71.2 Å². The predicted octanol–water partition coefficient (Wildman–Crippen LogP) is 1.91. The highest BCUT2D eigenvalue weighted by Crippen LogP contribution is 2.25. The average molecular weight is 360 g/mol. The fourth-order valence-corrected chi connectivity index (χ4v) is 3.49. The lowest BCUT2D eigenvalue weighted by Crippen LogP contribution is -2.56. The van der Waals surface area contributed by atoms with Crippen LogP contribution in [-0.2, 0) is 16.0 Å². The number of hydrogen-bond acceptors (Lipinski definition) is 5. The van der Waals surface area contributed by atoms with Gasteiger partial charge in [-0.1, -0.05) is 6.07 Å². The summed E-state index contributed by atoms with van der Waals surface area (Å²) in [4.78, 5) is 35.0. The lowest BCUT2D eigenvalue weighted by atomic mass is 10.2. The van der Waals surface area contributed by atoms with E-state index in [0.717, 1.165) is 17.8 Å². The molecular formula is C19H28N4O3. The molecule has 2 aliphatic rings. The van der Waals surface area contributed by atoms with Gasteiger partial charge in [0.15, 0.2) is 0 Å². The standard InChI is InChI=1S/C19H28N4O3/c1-14-12-21(10-11-22(14)18(25)26-19(2,3)4)13-16(24)23-9-7-15-6-5-8-20-17(15)23/h5-6,8,14H,7,9-13H2,1-4H3/t14-/m1/s1. The number of carbonyl (C=O) groups is 2. The largest absolute Gasteiger partial charge is 0.444 e. The Labute approximate surface area is 154 Å². The lowest BCUT2D eigenvalue weighted by molar-refractivity contribution is -0.120. The van der Waals surface area contributed by atoms with Gasteiger partial charge in [0.1, 0.15) is 11.4 Å². The van der Waals surface area contributed by atoms with Gasteiger partial charge in [-0.25, -0.2) is 9.78 Å². The Morgan fingerprint density at radius 2 is 2.04 bits per heavy atom. The summed E-state index contributed by atoms with van der Waals surface area (Å²) in [5, 5.41) is 0. The van der Waals surface area contributed by atoms with Crippen LogP contribution >= 0.6 is 0 Å². The minimum Gasteiger partial charge on any atom is -0.444 e. The van der Waals surface area contributed by atoms with E-state index in [4.69, 9.17) is 4.74 Å². The van der Waals surface area contributed by atoms with E-state index in [-0.39, 0.29) is 18.0 Å². The summed E-state index contributed by atoms with van der Waals surface area (Å²) in [5.41, 5.74) is 0.629. The van der Waals surface area contributed by atoms with Crippen LogP contribution in [0.1, 0.15) is 33.3 Å². The first kappa shape index (κ1) is 18.6.